The highest BCUT2D eigenvalue weighted by Crippen LogP contribution is 2.22. The summed E-state index contributed by atoms with van der Waals surface area (Å²) in [5.41, 5.74) is 4.20. The molecule has 0 spiro atoms. The normalized spacial score (nSPS) is 15.1. The van der Waals surface area contributed by atoms with E-state index >= 15 is 0 Å². The van der Waals surface area contributed by atoms with Gasteiger partial charge in [0.25, 0.3) is 0 Å². The first-order valence-electron chi connectivity index (χ1n) is 9.00. The SMILES string of the molecule is COc1cc2c(cc1OC)=N/C(=c1/cc(OC)/c(=C/c3[nH]c(C)cc3C)[nH]1)C=2. The van der Waals surface area contributed by atoms with E-state index in [9.17, 15) is 0 Å². The van der Waals surface area contributed by atoms with Crippen LogP contribution in [-0.2, 0) is 0 Å². The Morgan fingerprint density at radius 3 is 2.21 bits per heavy atom. The first kappa shape index (κ1) is 18.0. The monoisotopic (exact) mass is 377 g/mol. The van der Waals surface area contributed by atoms with E-state index in [4.69, 9.17) is 19.2 Å². The number of methoxy groups -OCH3 is 3. The van der Waals surface area contributed by atoms with Crippen molar-refractivity contribution in [1.29, 1.82) is 0 Å². The molecule has 1 aliphatic heterocycles. The number of aromatic nitrogens is 2. The fraction of sp³-hybridized carbons (Fsp3) is 0.227. The van der Waals surface area contributed by atoms with Gasteiger partial charge in [0.1, 0.15) is 5.75 Å². The van der Waals surface area contributed by atoms with E-state index in [2.05, 4.69) is 29.0 Å². The van der Waals surface area contributed by atoms with E-state index in [1.807, 2.05) is 31.2 Å². The van der Waals surface area contributed by atoms with Gasteiger partial charge in [-0.3, -0.25) is 0 Å². The van der Waals surface area contributed by atoms with Crippen molar-refractivity contribution in [3.8, 4) is 17.2 Å². The molecule has 2 aromatic heterocycles. The van der Waals surface area contributed by atoms with Crippen LogP contribution < -0.4 is 35.5 Å². The minimum Gasteiger partial charge on any atom is -0.494 e. The number of nitrogens with one attached hydrogen (secondary N) is 2. The number of ether oxygens (including phenoxy) is 3. The fourth-order valence-corrected chi connectivity index (χ4v) is 3.45. The molecule has 0 unspecified atom stereocenters. The summed E-state index contributed by atoms with van der Waals surface area (Å²) in [4.78, 5) is 11.5. The van der Waals surface area contributed by atoms with Crippen molar-refractivity contribution in [2.45, 2.75) is 13.8 Å². The summed E-state index contributed by atoms with van der Waals surface area (Å²) in [6.07, 6.45) is 4.08. The molecule has 2 N–H and O–H groups in total. The lowest BCUT2D eigenvalue weighted by molar-refractivity contribution is 0.354. The summed E-state index contributed by atoms with van der Waals surface area (Å²) < 4.78 is 16.3. The second kappa shape index (κ2) is 6.96. The van der Waals surface area contributed by atoms with Crippen molar-refractivity contribution in [1.82, 2.24) is 9.97 Å². The second-order valence-electron chi connectivity index (χ2n) is 6.77. The Hall–Kier alpha value is -3.41. The van der Waals surface area contributed by atoms with Crippen LogP contribution in [0.15, 0.2) is 29.3 Å². The van der Waals surface area contributed by atoms with Crippen molar-refractivity contribution in [2.75, 3.05) is 21.3 Å². The van der Waals surface area contributed by atoms with Gasteiger partial charge in [0.15, 0.2) is 11.5 Å². The Balaban J connectivity index is 1.90. The van der Waals surface area contributed by atoms with Gasteiger partial charge in [0.05, 0.1) is 43.1 Å². The highest BCUT2D eigenvalue weighted by atomic mass is 16.5. The molecule has 1 aromatic carbocycles. The van der Waals surface area contributed by atoms with Gasteiger partial charge in [0, 0.05) is 28.7 Å². The number of fused-ring (bicyclic) bond motifs is 1. The van der Waals surface area contributed by atoms with Crippen molar-refractivity contribution >= 4 is 17.8 Å². The molecule has 0 saturated heterocycles. The van der Waals surface area contributed by atoms with E-state index in [1.54, 1.807) is 21.3 Å². The average Bonchev–Trinajstić information content (AvgIpc) is 3.36. The minimum atomic E-state index is 0.662. The molecule has 0 aliphatic carbocycles. The summed E-state index contributed by atoms with van der Waals surface area (Å²) in [5.74, 6) is 2.11. The van der Waals surface area contributed by atoms with Crippen molar-refractivity contribution in [3.63, 3.8) is 0 Å². The van der Waals surface area contributed by atoms with Crippen molar-refractivity contribution in [3.05, 3.63) is 62.5 Å². The first-order chi connectivity index (χ1) is 13.5. The largest absolute Gasteiger partial charge is 0.494 e. The lowest BCUT2D eigenvalue weighted by Crippen LogP contribution is -2.21. The summed E-state index contributed by atoms with van der Waals surface area (Å²) >= 11 is 0. The Morgan fingerprint density at radius 1 is 0.857 bits per heavy atom. The zero-order valence-electron chi connectivity index (χ0n) is 16.6. The van der Waals surface area contributed by atoms with E-state index in [1.165, 1.54) is 5.56 Å². The number of hydrogen-bond donors (Lipinski definition) is 2. The summed E-state index contributed by atoms with van der Waals surface area (Å²) in [7, 11) is 4.92. The van der Waals surface area contributed by atoms with Gasteiger partial charge in [-0.25, -0.2) is 4.99 Å². The Kier molecular flexibility index (Phi) is 4.47. The Bertz CT molecular complexity index is 1250. The zero-order chi connectivity index (χ0) is 19.8. The van der Waals surface area contributed by atoms with Crippen LogP contribution in [0.4, 0.5) is 0 Å². The third-order valence-corrected chi connectivity index (χ3v) is 4.85. The smallest absolute Gasteiger partial charge is 0.162 e. The van der Waals surface area contributed by atoms with Gasteiger partial charge in [0.2, 0.25) is 0 Å². The first-order valence-corrected chi connectivity index (χ1v) is 9.00. The number of aryl methyl sites for hydroxylation is 2. The maximum Gasteiger partial charge on any atom is 0.162 e. The number of aromatic amines is 2. The van der Waals surface area contributed by atoms with Crippen LogP contribution in [0.25, 0.3) is 17.8 Å². The lowest BCUT2D eigenvalue weighted by Gasteiger charge is -2.05. The quantitative estimate of drug-likeness (QED) is 0.714. The highest BCUT2D eigenvalue weighted by molar-refractivity contribution is 5.77. The predicted octanol–water partition coefficient (Wildman–Crippen LogP) is 1.04. The molecule has 0 bridgehead atoms. The topological polar surface area (TPSA) is 71.6 Å². The molecule has 6 heteroatoms. The Labute approximate surface area is 162 Å². The molecule has 6 nitrogen and oxygen atoms in total. The fourth-order valence-electron chi connectivity index (χ4n) is 3.45. The van der Waals surface area contributed by atoms with Gasteiger partial charge < -0.3 is 24.2 Å². The van der Waals surface area contributed by atoms with Crippen LogP contribution in [0.2, 0.25) is 0 Å². The number of hydrogen-bond acceptors (Lipinski definition) is 4. The second-order valence-corrected chi connectivity index (χ2v) is 6.77. The number of nitrogens with zero attached hydrogens (tertiary/aromatic N) is 1. The van der Waals surface area contributed by atoms with Gasteiger partial charge in [-0.05, 0) is 43.7 Å². The molecule has 144 valence electrons. The van der Waals surface area contributed by atoms with Crippen LogP contribution in [0, 0.1) is 13.8 Å². The molecule has 0 saturated carbocycles. The van der Waals surface area contributed by atoms with Crippen LogP contribution in [0.1, 0.15) is 17.0 Å². The molecular formula is C22H23N3O3. The predicted molar refractivity (Wildman–Crippen MR) is 109 cm³/mol. The third-order valence-electron chi connectivity index (χ3n) is 4.85. The molecule has 0 atom stereocenters. The molecule has 4 rings (SSSR count). The zero-order valence-corrected chi connectivity index (χ0v) is 16.6. The molecule has 1 aliphatic rings. The standard InChI is InChI=1S/C22H23N3O3/c1-12-6-13(2)23-15(12)9-19-20(26-3)11-18(25-19)17-7-14-8-21(27-4)22(28-5)10-16(14)24-17/h6-11,23,25H,1-5H3/b18-17-,19-9-. The summed E-state index contributed by atoms with van der Waals surface area (Å²) in [6, 6.07) is 7.90. The maximum atomic E-state index is 5.57. The highest BCUT2D eigenvalue weighted by Gasteiger charge is 2.10. The maximum absolute atomic E-state index is 5.57. The third kappa shape index (κ3) is 3.07. The van der Waals surface area contributed by atoms with Crippen LogP contribution in [0.5, 0.6) is 17.2 Å². The van der Waals surface area contributed by atoms with Crippen molar-refractivity contribution < 1.29 is 14.2 Å². The van der Waals surface area contributed by atoms with Crippen LogP contribution >= 0.6 is 0 Å². The van der Waals surface area contributed by atoms with E-state index in [-0.39, 0.29) is 0 Å². The molecule has 3 aromatic rings. The molecule has 3 heterocycles. The molecule has 0 amide bonds. The molecule has 28 heavy (non-hydrogen) atoms. The number of rotatable bonds is 4. The summed E-state index contributed by atoms with van der Waals surface area (Å²) in [6.45, 7) is 4.13. The minimum absolute atomic E-state index is 0.662. The van der Waals surface area contributed by atoms with E-state index in [0.29, 0.717) is 11.5 Å². The molecule has 0 radical (unpaired) electrons. The van der Waals surface area contributed by atoms with Gasteiger partial charge in [-0.15, -0.1) is 0 Å². The molecule has 0 fully saturated rings. The van der Waals surface area contributed by atoms with Gasteiger partial charge in [-0.2, -0.15) is 0 Å². The average molecular weight is 377 g/mol. The number of H-pyrrole nitrogens is 2. The van der Waals surface area contributed by atoms with Gasteiger partial charge in [-0.1, -0.05) is 0 Å². The number of benzene rings is 1. The lowest BCUT2D eigenvalue weighted by atomic mass is 10.2. The van der Waals surface area contributed by atoms with Crippen LogP contribution in [0.3, 0.4) is 0 Å². The van der Waals surface area contributed by atoms with E-state index in [0.717, 1.165) is 44.1 Å². The van der Waals surface area contributed by atoms with Crippen molar-refractivity contribution in [2.24, 2.45) is 4.99 Å². The Morgan fingerprint density at radius 2 is 1.57 bits per heavy atom. The summed E-state index contributed by atoms with van der Waals surface area (Å²) in [5, 5.41) is 3.62. The van der Waals surface area contributed by atoms with E-state index < -0.39 is 0 Å². The van der Waals surface area contributed by atoms with Crippen LogP contribution in [-0.4, -0.2) is 31.3 Å². The van der Waals surface area contributed by atoms with Gasteiger partial charge >= 0.3 is 0 Å². The molecular weight excluding hydrogens is 354 g/mol.